The smallest absolute Gasteiger partial charge is 0.279 e. The Morgan fingerprint density at radius 1 is 1.41 bits per heavy atom. The summed E-state index contributed by atoms with van der Waals surface area (Å²) in [6.45, 7) is 3.38. The van der Waals surface area contributed by atoms with Crippen LogP contribution < -0.4 is 9.79 Å². The molecule has 7 nitrogen and oxygen atoms in total. The fraction of sp³-hybridized carbons (Fsp3) is 0.200. The molecule has 1 heterocycles. The number of nitrogens with zero attached hydrogens (tertiary/aromatic N) is 3. The summed E-state index contributed by atoms with van der Waals surface area (Å²) in [6, 6.07) is 3.03. The fourth-order valence-electron chi connectivity index (χ4n) is 1.71. The van der Waals surface area contributed by atoms with Crippen molar-refractivity contribution in [2.45, 2.75) is 13.8 Å². The summed E-state index contributed by atoms with van der Waals surface area (Å²) < 4.78 is 5.63. The van der Waals surface area contributed by atoms with Gasteiger partial charge in [-0.05, 0) is 24.6 Å². The molecule has 0 aliphatic carbocycles. The van der Waals surface area contributed by atoms with E-state index in [2.05, 4.69) is 9.79 Å². The molecular formula is C10H9N3O4. The molecule has 0 spiro atoms. The van der Waals surface area contributed by atoms with Gasteiger partial charge in [0.25, 0.3) is 11.4 Å². The molecule has 0 unspecified atom stereocenters. The highest BCUT2D eigenvalue weighted by Crippen LogP contribution is 2.24. The quantitative estimate of drug-likeness (QED) is 0.430. The van der Waals surface area contributed by atoms with Crippen molar-refractivity contribution in [1.82, 2.24) is 5.27 Å². The van der Waals surface area contributed by atoms with Crippen LogP contribution in [0.15, 0.2) is 22.9 Å². The number of hydrogen-bond acceptors (Lipinski definition) is 5. The zero-order chi connectivity index (χ0) is 12.6. The standard InChI is InChI=1S/C10H9N3O4/c1-6-3-4-8(13(15)16)7(2)10(6)12-5-9(14)17-11-12/h3-5H,1-2H3. The largest absolute Gasteiger partial charge is 0.539 e. The van der Waals surface area contributed by atoms with E-state index in [1.54, 1.807) is 19.9 Å². The van der Waals surface area contributed by atoms with Crippen molar-refractivity contribution in [3.05, 3.63) is 39.6 Å². The zero-order valence-corrected chi connectivity index (χ0v) is 9.21. The lowest BCUT2D eigenvalue weighted by Crippen LogP contribution is -2.33. The maximum Gasteiger partial charge on any atom is 0.279 e. The minimum Gasteiger partial charge on any atom is -0.539 e. The second kappa shape index (κ2) is 3.85. The van der Waals surface area contributed by atoms with Crippen LogP contribution in [-0.4, -0.2) is 10.2 Å². The Morgan fingerprint density at radius 3 is 2.65 bits per heavy atom. The van der Waals surface area contributed by atoms with Crippen LogP contribution in [-0.2, 0) is 0 Å². The van der Waals surface area contributed by atoms with E-state index >= 15 is 0 Å². The van der Waals surface area contributed by atoms with Gasteiger partial charge in [0.15, 0.2) is 0 Å². The van der Waals surface area contributed by atoms with Crippen molar-refractivity contribution in [2.24, 2.45) is 0 Å². The predicted molar refractivity (Wildman–Crippen MR) is 53.6 cm³/mol. The predicted octanol–water partition coefficient (Wildman–Crippen LogP) is 0.550. The molecule has 17 heavy (non-hydrogen) atoms. The van der Waals surface area contributed by atoms with Crippen molar-refractivity contribution >= 4 is 5.69 Å². The second-order valence-corrected chi connectivity index (χ2v) is 3.60. The molecule has 88 valence electrons. The number of aryl methyl sites for hydroxylation is 1. The highest BCUT2D eigenvalue weighted by atomic mass is 16.6. The summed E-state index contributed by atoms with van der Waals surface area (Å²) in [5.74, 6) is -0.602. The van der Waals surface area contributed by atoms with E-state index in [1.807, 2.05) is 0 Å². The van der Waals surface area contributed by atoms with Crippen LogP contribution >= 0.6 is 0 Å². The van der Waals surface area contributed by atoms with Crippen LogP contribution in [0.3, 0.4) is 0 Å². The van der Waals surface area contributed by atoms with Gasteiger partial charge < -0.3 is 9.63 Å². The van der Waals surface area contributed by atoms with E-state index in [9.17, 15) is 15.2 Å². The van der Waals surface area contributed by atoms with E-state index in [0.29, 0.717) is 11.3 Å². The maximum atomic E-state index is 10.9. The van der Waals surface area contributed by atoms with Gasteiger partial charge >= 0.3 is 0 Å². The summed E-state index contributed by atoms with van der Waals surface area (Å²) in [7, 11) is 0. The van der Waals surface area contributed by atoms with Crippen molar-refractivity contribution in [3.8, 4) is 11.6 Å². The zero-order valence-electron chi connectivity index (χ0n) is 9.21. The molecule has 7 heteroatoms. The Hall–Kier alpha value is -2.44. The first-order valence-electron chi connectivity index (χ1n) is 4.81. The van der Waals surface area contributed by atoms with Crippen molar-refractivity contribution in [1.29, 1.82) is 0 Å². The van der Waals surface area contributed by atoms with Gasteiger partial charge in [0, 0.05) is 11.6 Å². The molecule has 1 aromatic heterocycles. The minimum absolute atomic E-state index is 0.0199. The molecule has 2 aromatic rings. The van der Waals surface area contributed by atoms with Gasteiger partial charge in [0.2, 0.25) is 6.20 Å². The Kier molecular flexibility index (Phi) is 2.51. The van der Waals surface area contributed by atoms with Crippen LogP contribution in [0.4, 0.5) is 5.69 Å². The van der Waals surface area contributed by atoms with Gasteiger partial charge in [-0.1, -0.05) is 0 Å². The molecule has 0 saturated carbocycles. The van der Waals surface area contributed by atoms with Gasteiger partial charge in [0.05, 0.1) is 10.2 Å². The number of benzene rings is 1. The number of nitro benzene ring substituents is 1. The molecule has 0 aliphatic rings. The van der Waals surface area contributed by atoms with Crippen LogP contribution in [0.1, 0.15) is 11.1 Å². The first-order valence-corrected chi connectivity index (χ1v) is 4.81. The first-order chi connectivity index (χ1) is 8.00. The summed E-state index contributed by atoms with van der Waals surface area (Å²) >= 11 is 0. The van der Waals surface area contributed by atoms with E-state index in [-0.39, 0.29) is 5.69 Å². The lowest BCUT2D eigenvalue weighted by Gasteiger charge is -2.01. The number of rotatable bonds is 2. The number of hydrogen-bond donors (Lipinski definition) is 0. The van der Waals surface area contributed by atoms with E-state index in [0.717, 1.165) is 11.8 Å². The normalized spacial score (nSPS) is 10.5. The SMILES string of the molecule is Cc1ccc([N+](=O)[O-])c(C)c1-[n+]1cc([O-])on1. The summed E-state index contributed by atoms with van der Waals surface area (Å²) in [5.41, 5.74) is 1.68. The van der Waals surface area contributed by atoms with Crippen molar-refractivity contribution in [2.75, 3.05) is 0 Å². The van der Waals surface area contributed by atoms with Gasteiger partial charge in [-0.15, -0.1) is 0 Å². The van der Waals surface area contributed by atoms with Crippen LogP contribution in [0.25, 0.3) is 5.69 Å². The third-order valence-electron chi connectivity index (χ3n) is 2.48. The Labute approximate surface area is 96.0 Å². The second-order valence-electron chi connectivity index (χ2n) is 3.60. The van der Waals surface area contributed by atoms with E-state index in [4.69, 9.17) is 0 Å². The third kappa shape index (κ3) is 1.82. The topological polar surface area (TPSA) is 96.1 Å². The number of nitro groups is 1. The molecule has 0 fully saturated rings. The summed E-state index contributed by atoms with van der Waals surface area (Å²) in [6.07, 6.45) is 1.14. The van der Waals surface area contributed by atoms with Crippen LogP contribution in [0.2, 0.25) is 0 Å². The van der Waals surface area contributed by atoms with Crippen molar-refractivity contribution < 1.29 is 19.2 Å². The average Bonchev–Trinajstić information content (AvgIpc) is 2.64. The average molecular weight is 235 g/mol. The number of aromatic nitrogens is 2. The molecule has 0 amide bonds. The Morgan fingerprint density at radius 2 is 2.12 bits per heavy atom. The van der Waals surface area contributed by atoms with Gasteiger partial charge in [-0.2, -0.15) is 0 Å². The first kappa shape index (κ1) is 11.1. The molecule has 0 bridgehead atoms. The molecular weight excluding hydrogens is 226 g/mol. The Bertz CT molecular complexity index is 591. The van der Waals surface area contributed by atoms with Gasteiger partial charge in [-0.25, -0.2) is 0 Å². The lowest BCUT2D eigenvalue weighted by atomic mass is 10.1. The monoisotopic (exact) mass is 235 g/mol. The molecule has 0 N–H and O–H groups in total. The molecule has 0 radical (unpaired) electrons. The van der Waals surface area contributed by atoms with E-state index < -0.39 is 10.9 Å². The molecule has 1 aromatic carbocycles. The highest BCUT2D eigenvalue weighted by molar-refractivity contribution is 5.52. The molecule has 0 aliphatic heterocycles. The molecule has 2 rings (SSSR count). The Balaban J connectivity index is 2.68. The van der Waals surface area contributed by atoms with E-state index in [1.165, 1.54) is 10.7 Å². The minimum atomic E-state index is -0.602. The highest BCUT2D eigenvalue weighted by Gasteiger charge is 2.24. The third-order valence-corrected chi connectivity index (χ3v) is 2.48. The van der Waals surface area contributed by atoms with Gasteiger partial charge in [0.1, 0.15) is 11.5 Å². The summed E-state index contributed by atoms with van der Waals surface area (Å²) in [5, 5.41) is 25.2. The lowest BCUT2D eigenvalue weighted by molar-refractivity contribution is -0.671. The molecule has 0 saturated heterocycles. The van der Waals surface area contributed by atoms with Crippen molar-refractivity contribution in [3.63, 3.8) is 0 Å². The maximum absolute atomic E-state index is 10.9. The van der Waals surface area contributed by atoms with Crippen LogP contribution in [0, 0.1) is 24.0 Å². The molecule has 0 atom stereocenters. The van der Waals surface area contributed by atoms with Crippen LogP contribution in [0.5, 0.6) is 5.95 Å². The summed E-state index contributed by atoms with van der Waals surface area (Å²) in [4.78, 5) is 10.3. The fourth-order valence-corrected chi connectivity index (χ4v) is 1.71. The van der Waals surface area contributed by atoms with Gasteiger partial charge in [-0.3, -0.25) is 10.1 Å².